The number of carbonyl (C=O) groups is 1. The third-order valence-electron chi connectivity index (χ3n) is 6.57. The summed E-state index contributed by atoms with van der Waals surface area (Å²) in [5, 5.41) is 4.25. The number of hydrogen-bond donors (Lipinski definition) is 2. The van der Waals surface area contributed by atoms with Crippen LogP contribution in [0.5, 0.6) is 5.75 Å². The van der Waals surface area contributed by atoms with Crippen molar-refractivity contribution in [2.24, 2.45) is 5.10 Å². The molecule has 0 spiro atoms. The lowest BCUT2D eigenvalue weighted by atomic mass is 9.84. The maximum atomic E-state index is 12.7. The normalized spacial score (nSPS) is 14.7. The number of nitrogens with one attached hydrogen (secondary N) is 2. The second-order valence-electron chi connectivity index (χ2n) is 9.18. The molecule has 0 aliphatic heterocycles. The van der Waals surface area contributed by atoms with Gasteiger partial charge in [0.05, 0.1) is 17.2 Å². The zero-order chi connectivity index (χ0) is 26.3. The maximum Gasteiger partial charge on any atom is 0.271 e. The molecule has 3 aromatic carbocycles. The number of carbonyl (C=O) groups excluding carboxylic acids is 1. The van der Waals surface area contributed by atoms with E-state index in [1.165, 1.54) is 49.8 Å². The number of anilines is 1. The predicted molar refractivity (Wildman–Crippen MR) is 147 cm³/mol. The molecular weight excluding hydrogens is 486 g/mol. The summed E-state index contributed by atoms with van der Waals surface area (Å²) >= 11 is 0. The van der Waals surface area contributed by atoms with Crippen LogP contribution in [0.25, 0.3) is 0 Å². The third-order valence-corrected chi connectivity index (χ3v) is 7.97. The van der Waals surface area contributed by atoms with Gasteiger partial charge >= 0.3 is 0 Å². The Labute approximate surface area is 219 Å². The maximum absolute atomic E-state index is 12.7. The van der Waals surface area contributed by atoms with E-state index in [9.17, 15) is 13.2 Å². The Morgan fingerprint density at radius 1 is 0.892 bits per heavy atom. The van der Waals surface area contributed by atoms with Crippen LogP contribution in [0.4, 0.5) is 5.69 Å². The molecule has 0 heterocycles. The van der Waals surface area contributed by atoms with E-state index in [2.05, 4.69) is 39.5 Å². The molecule has 0 radical (unpaired) electrons. The summed E-state index contributed by atoms with van der Waals surface area (Å²) in [5.41, 5.74) is 6.34. The van der Waals surface area contributed by atoms with E-state index in [0.29, 0.717) is 35.2 Å². The summed E-state index contributed by atoms with van der Waals surface area (Å²) < 4.78 is 33.2. The van der Waals surface area contributed by atoms with Crippen LogP contribution < -0.4 is 14.9 Å². The van der Waals surface area contributed by atoms with Crippen LogP contribution in [-0.4, -0.2) is 26.6 Å². The Hall–Kier alpha value is -3.65. The fourth-order valence-electron chi connectivity index (χ4n) is 4.48. The zero-order valence-corrected chi connectivity index (χ0v) is 22.1. The minimum absolute atomic E-state index is 0.120. The van der Waals surface area contributed by atoms with Gasteiger partial charge in [0.2, 0.25) is 0 Å². The first-order valence-corrected chi connectivity index (χ1v) is 14.1. The standard InChI is InChI=1S/C29H33N3O4S/c1-3-36-27-17-19-28(20-18-27)37(34,35)32-26-15-13-25(14-16-26)29(33)31-30-21(2)22-9-11-24(12-10-22)23-7-5-4-6-8-23/h9-20,23,32H,3-8H2,1-2H3,(H,31,33)/b30-21-. The number of amides is 1. The van der Waals surface area contributed by atoms with Crippen molar-refractivity contribution in [1.29, 1.82) is 0 Å². The van der Waals surface area contributed by atoms with Crippen molar-refractivity contribution in [1.82, 2.24) is 5.43 Å². The quantitative estimate of drug-likeness (QED) is 0.264. The van der Waals surface area contributed by atoms with E-state index >= 15 is 0 Å². The van der Waals surface area contributed by atoms with Crippen molar-refractivity contribution in [3.63, 3.8) is 0 Å². The van der Waals surface area contributed by atoms with Crippen molar-refractivity contribution in [2.75, 3.05) is 11.3 Å². The van der Waals surface area contributed by atoms with Crippen LogP contribution in [-0.2, 0) is 10.0 Å². The molecule has 7 nitrogen and oxygen atoms in total. The Kier molecular flexibility index (Phi) is 8.61. The lowest BCUT2D eigenvalue weighted by Gasteiger charge is -2.22. The van der Waals surface area contributed by atoms with Crippen molar-refractivity contribution < 1.29 is 17.9 Å². The van der Waals surface area contributed by atoms with Crippen molar-refractivity contribution in [2.45, 2.75) is 56.8 Å². The molecule has 0 saturated heterocycles. The molecule has 0 bridgehead atoms. The molecule has 37 heavy (non-hydrogen) atoms. The Bertz CT molecular complexity index is 1330. The number of ether oxygens (including phenoxy) is 1. The van der Waals surface area contributed by atoms with E-state index in [1.807, 2.05) is 13.8 Å². The van der Waals surface area contributed by atoms with Crippen molar-refractivity contribution in [3.8, 4) is 5.75 Å². The molecule has 1 fully saturated rings. The van der Waals surface area contributed by atoms with E-state index < -0.39 is 10.0 Å². The highest BCUT2D eigenvalue weighted by molar-refractivity contribution is 7.92. The largest absolute Gasteiger partial charge is 0.494 e. The topological polar surface area (TPSA) is 96.9 Å². The molecular formula is C29H33N3O4S. The smallest absolute Gasteiger partial charge is 0.271 e. The number of sulfonamides is 1. The van der Waals surface area contributed by atoms with E-state index in [4.69, 9.17) is 4.74 Å². The van der Waals surface area contributed by atoms with Crippen LogP contribution in [0.3, 0.4) is 0 Å². The van der Waals surface area contributed by atoms with Gasteiger partial charge in [-0.1, -0.05) is 43.5 Å². The van der Waals surface area contributed by atoms with Crippen molar-refractivity contribution >= 4 is 27.3 Å². The van der Waals surface area contributed by atoms with Gasteiger partial charge in [-0.2, -0.15) is 5.10 Å². The summed E-state index contributed by atoms with van der Waals surface area (Å²) in [4.78, 5) is 12.7. The number of hydrogen-bond acceptors (Lipinski definition) is 5. The van der Waals surface area contributed by atoms with E-state index in [1.54, 1.807) is 36.4 Å². The molecule has 1 aliphatic carbocycles. The lowest BCUT2D eigenvalue weighted by molar-refractivity contribution is 0.0955. The highest BCUT2D eigenvalue weighted by Crippen LogP contribution is 2.32. The zero-order valence-electron chi connectivity index (χ0n) is 21.2. The number of benzene rings is 3. The van der Waals surface area contributed by atoms with Gasteiger partial charge < -0.3 is 4.74 Å². The van der Waals surface area contributed by atoms with Gasteiger partial charge in [0.25, 0.3) is 15.9 Å². The molecule has 8 heteroatoms. The Morgan fingerprint density at radius 3 is 2.14 bits per heavy atom. The van der Waals surface area contributed by atoms with Gasteiger partial charge in [-0.15, -0.1) is 0 Å². The molecule has 3 aromatic rings. The average molecular weight is 520 g/mol. The SMILES string of the molecule is CCOc1ccc(S(=O)(=O)Nc2ccc(C(=O)N/N=C(/C)c3ccc(C4CCCCC4)cc3)cc2)cc1. The number of nitrogens with zero attached hydrogens (tertiary/aromatic N) is 1. The van der Waals surface area contributed by atoms with Crippen LogP contribution >= 0.6 is 0 Å². The minimum Gasteiger partial charge on any atom is -0.494 e. The lowest BCUT2D eigenvalue weighted by Crippen LogP contribution is -2.19. The third kappa shape index (κ3) is 6.98. The molecule has 4 rings (SSSR count). The number of rotatable bonds is 9. The second-order valence-corrected chi connectivity index (χ2v) is 10.9. The fourth-order valence-corrected chi connectivity index (χ4v) is 5.54. The molecule has 0 atom stereocenters. The van der Waals surface area contributed by atoms with Crippen LogP contribution in [0.1, 0.15) is 73.4 Å². The molecule has 1 saturated carbocycles. The van der Waals surface area contributed by atoms with Crippen LogP contribution in [0, 0.1) is 0 Å². The van der Waals surface area contributed by atoms with Gasteiger partial charge in [0, 0.05) is 11.3 Å². The van der Waals surface area contributed by atoms with Crippen LogP contribution in [0.2, 0.25) is 0 Å². The highest BCUT2D eigenvalue weighted by atomic mass is 32.2. The Morgan fingerprint density at radius 2 is 1.51 bits per heavy atom. The monoisotopic (exact) mass is 519 g/mol. The molecule has 1 amide bonds. The number of hydrazone groups is 1. The summed E-state index contributed by atoms with van der Waals surface area (Å²) in [6.45, 7) is 4.22. The summed E-state index contributed by atoms with van der Waals surface area (Å²) in [7, 11) is -3.77. The van der Waals surface area contributed by atoms with Gasteiger partial charge in [-0.05, 0) is 92.3 Å². The first-order valence-electron chi connectivity index (χ1n) is 12.7. The molecule has 1 aliphatic rings. The summed E-state index contributed by atoms with van der Waals surface area (Å²) in [6, 6.07) is 20.8. The van der Waals surface area contributed by atoms with E-state index in [0.717, 1.165) is 5.56 Å². The molecule has 0 aromatic heterocycles. The van der Waals surface area contributed by atoms with Gasteiger partial charge in [-0.25, -0.2) is 13.8 Å². The fraction of sp³-hybridized carbons (Fsp3) is 0.310. The summed E-state index contributed by atoms with van der Waals surface area (Å²) in [5.74, 6) is 0.874. The molecule has 0 unspecified atom stereocenters. The Balaban J connectivity index is 1.34. The minimum atomic E-state index is -3.77. The van der Waals surface area contributed by atoms with Gasteiger partial charge in [0.1, 0.15) is 5.75 Å². The molecule has 2 N–H and O–H groups in total. The van der Waals surface area contributed by atoms with Crippen LogP contribution in [0.15, 0.2) is 82.8 Å². The first-order chi connectivity index (χ1) is 17.9. The second kappa shape index (κ2) is 12.1. The van der Waals surface area contributed by atoms with Crippen molar-refractivity contribution in [3.05, 3.63) is 89.5 Å². The van der Waals surface area contributed by atoms with E-state index in [-0.39, 0.29) is 10.8 Å². The van der Waals surface area contributed by atoms with Gasteiger partial charge in [0.15, 0.2) is 0 Å². The average Bonchev–Trinajstić information content (AvgIpc) is 2.93. The predicted octanol–water partition coefficient (Wildman–Crippen LogP) is 6.09. The summed E-state index contributed by atoms with van der Waals surface area (Å²) in [6.07, 6.45) is 6.44. The van der Waals surface area contributed by atoms with Gasteiger partial charge in [-0.3, -0.25) is 9.52 Å². The molecule has 194 valence electrons. The first kappa shape index (κ1) is 26.4. The highest BCUT2D eigenvalue weighted by Gasteiger charge is 2.16.